The molecule has 0 aliphatic carbocycles. The van der Waals surface area contributed by atoms with Crippen LogP contribution >= 0.6 is 11.6 Å². The number of carbonyl (C=O) groups is 1. The van der Waals surface area contributed by atoms with Crippen LogP contribution in [0.1, 0.15) is 61.4 Å². The first-order valence-corrected chi connectivity index (χ1v) is 10.2. The predicted molar refractivity (Wildman–Crippen MR) is 112 cm³/mol. The van der Waals surface area contributed by atoms with Crippen LogP contribution < -0.4 is 0 Å². The van der Waals surface area contributed by atoms with E-state index >= 15 is 0 Å². The Hall–Kier alpha value is -2.01. The van der Waals surface area contributed by atoms with Crippen LogP contribution in [0, 0.1) is 20.8 Å². The third kappa shape index (κ3) is 4.35. The van der Waals surface area contributed by atoms with Gasteiger partial charge in [-0.25, -0.2) is 9.78 Å². The first kappa shape index (κ1) is 20.7. The van der Waals surface area contributed by atoms with Crippen molar-refractivity contribution in [1.29, 1.82) is 0 Å². The molecule has 2 aromatic rings. The molecule has 0 radical (unpaired) electrons. The number of carbonyl (C=O) groups excluding carboxylic acids is 1. The maximum Gasteiger partial charge on any atom is 0.410 e. The maximum atomic E-state index is 12.9. The molecule has 1 amide bonds. The van der Waals surface area contributed by atoms with Crippen LogP contribution in [0.3, 0.4) is 0 Å². The zero-order chi connectivity index (χ0) is 20.6. The van der Waals surface area contributed by atoms with Gasteiger partial charge < -0.3 is 9.30 Å². The second kappa shape index (κ2) is 7.78. The van der Waals surface area contributed by atoms with E-state index in [1.54, 1.807) is 0 Å². The minimum atomic E-state index is -0.535. The number of hydrogen-bond donors (Lipinski definition) is 0. The van der Waals surface area contributed by atoms with Gasteiger partial charge in [0.2, 0.25) is 0 Å². The van der Waals surface area contributed by atoms with Crippen molar-refractivity contribution in [3.05, 3.63) is 51.6 Å². The lowest BCUT2D eigenvalue weighted by atomic mass is 9.98. The van der Waals surface area contributed by atoms with Gasteiger partial charge in [-0.05, 0) is 71.1 Å². The molecule has 1 aromatic heterocycles. The summed E-state index contributed by atoms with van der Waals surface area (Å²) in [5, 5.41) is 0.482. The van der Waals surface area contributed by atoms with Crippen LogP contribution in [0.5, 0.6) is 0 Å². The Bertz CT molecular complexity index is 883. The Morgan fingerprint density at radius 2 is 1.93 bits per heavy atom. The molecule has 1 aromatic carbocycles. The quantitative estimate of drug-likeness (QED) is 0.690. The van der Waals surface area contributed by atoms with Crippen molar-refractivity contribution in [1.82, 2.24) is 14.5 Å². The van der Waals surface area contributed by atoms with Crippen LogP contribution in [0.25, 0.3) is 0 Å². The van der Waals surface area contributed by atoms with Crippen LogP contribution in [-0.2, 0) is 17.7 Å². The molecule has 0 saturated carbocycles. The third-order valence-corrected chi connectivity index (χ3v) is 5.59. The lowest BCUT2D eigenvalue weighted by molar-refractivity contribution is 0.00951. The number of rotatable bonds is 3. The number of ether oxygens (including phenoxy) is 1. The van der Waals surface area contributed by atoms with Gasteiger partial charge in [-0.15, -0.1) is 0 Å². The van der Waals surface area contributed by atoms with E-state index in [2.05, 4.69) is 41.6 Å². The summed E-state index contributed by atoms with van der Waals surface area (Å²) >= 11 is 6.48. The van der Waals surface area contributed by atoms with E-state index in [1.807, 2.05) is 32.6 Å². The first-order valence-electron chi connectivity index (χ1n) is 9.85. The van der Waals surface area contributed by atoms with Gasteiger partial charge in [0.15, 0.2) is 5.15 Å². The molecule has 6 heteroatoms. The minimum Gasteiger partial charge on any atom is -0.444 e. The molecule has 28 heavy (non-hydrogen) atoms. The molecule has 0 N–H and O–H groups in total. The molecule has 3 rings (SSSR count). The number of hydrogen-bond acceptors (Lipinski definition) is 3. The van der Waals surface area contributed by atoms with Gasteiger partial charge in [0.05, 0.1) is 11.7 Å². The number of halogens is 1. The average molecular weight is 404 g/mol. The molecule has 1 unspecified atom stereocenters. The summed E-state index contributed by atoms with van der Waals surface area (Å²) in [6, 6.07) is 6.38. The molecule has 152 valence electrons. The fraction of sp³-hybridized carbons (Fsp3) is 0.545. The Balaban J connectivity index is 1.89. The second-order valence-corrected chi connectivity index (χ2v) is 8.99. The Kier molecular flexibility index (Phi) is 5.76. The van der Waals surface area contributed by atoms with Crippen LogP contribution in [0.15, 0.2) is 18.2 Å². The zero-order valence-electron chi connectivity index (χ0n) is 17.7. The van der Waals surface area contributed by atoms with Crippen LogP contribution in [0.4, 0.5) is 4.79 Å². The molecular formula is C22H30ClN3O2. The van der Waals surface area contributed by atoms with Crippen LogP contribution in [-0.4, -0.2) is 32.7 Å². The van der Waals surface area contributed by atoms with E-state index in [1.165, 1.54) is 16.7 Å². The van der Waals surface area contributed by atoms with Crippen molar-refractivity contribution < 1.29 is 9.53 Å². The Morgan fingerprint density at radius 3 is 2.57 bits per heavy atom. The topological polar surface area (TPSA) is 47.4 Å². The number of aryl methyl sites for hydroxylation is 4. The SMILES string of the molecule is Cc1ccc(CCC2c3c(Cl)nc(C)n3CCN2C(=O)OC(C)(C)C)cc1C. The van der Waals surface area contributed by atoms with Gasteiger partial charge in [0.25, 0.3) is 0 Å². The van der Waals surface area contributed by atoms with Crippen molar-refractivity contribution in [2.24, 2.45) is 0 Å². The van der Waals surface area contributed by atoms with Gasteiger partial charge in [-0.1, -0.05) is 29.8 Å². The third-order valence-electron chi connectivity index (χ3n) is 5.31. The lowest BCUT2D eigenvalue weighted by Crippen LogP contribution is -2.45. The maximum absolute atomic E-state index is 12.9. The van der Waals surface area contributed by atoms with Gasteiger partial charge >= 0.3 is 6.09 Å². The summed E-state index contributed by atoms with van der Waals surface area (Å²) in [6.45, 7) is 13.1. The summed E-state index contributed by atoms with van der Waals surface area (Å²) < 4.78 is 7.80. The summed E-state index contributed by atoms with van der Waals surface area (Å²) in [5.41, 5.74) is 4.21. The van der Waals surface area contributed by atoms with Crippen molar-refractivity contribution in [3.63, 3.8) is 0 Å². The van der Waals surface area contributed by atoms with E-state index in [0.29, 0.717) is 18.2 Å². The van der Waals surface area contributed by atoms with Gasteiger partial charge in [0.1, 0.15) is 11.4 Å². The molecule has 5 nitrogen and oxygen atoms in total. The van der Waals surface area contributed by atoms with Gasteiger partial charge in [0, 0.05) is 13.1 Å². The molecule has 0 fully saturated rings. The van der Waals surface area contributed by atoms with Gasteiger partial charge in [-0.2, -0.15) is 0 Å². The molecule has 0 spiro atoms. The van der Waals surface area contributed by atoms with Gasteiger partial charge in [-0.3, -0.25) is 4.90 Å². The molecule has 1 atom stereocenters. The Morgan fingerprint density at radius 1 is 1.21 bits per heavy atom. The molecule has 2 heterocycles. The highest BCUT2D eigenvalue weighted by molar-refractivity contribution is 6.30. The van der Waals surface area contributed by atoms with E-state index < -0.39 is 5.60 Å². The summed E-state index contributed by atoms with van der Waals surface area (Å²) in [7, 11) is 0. The smallest absolute Gasteiger partial charge is 0.410 e. The standard InChI is InChI=1S/C22H30ClN3O2/c1-14-7-8-17(13-15(14)2)9-10-18-19-20(23)24-16(3)25(19)11-12-26(18)21(27)28-22(4,5)6/h7-8,13,18H,9-12H2,1-6H3. The van der Waals surface area contributed by atoms with Crippen molar-refractivity contribution in [3.8, 4) is 0 Å². The fourth-order valence-corrected chi connectivity index (χ4v) is 4.10. The largest absolute Gasteiger partial charge is 0.444 e. The number of amides is 1. The number of nitrogens with zero attached hydrogens (tertiary/aromatic N) is 3. The van der Waals surface area contributed by atoms with E-state index in [4.69, 9.17) is 16.3 Å². The first-order chi connectivity index (χ1) is 13.1. The summed E-state index contributed by atoms with van der Waals surface area (Å²) in [4.78, 5) is 19.1. The second-order valence-electron chi connectivity index (χ2n) is 8.63. The molecular weight excluding hydrogens is 374 g/mol. The molecule has 1 aliphatic rings. The van der Waals surface area contributed by atoms with E-state index in [9.17, 15) is 4.79 Å². The Labute approximate surface area is 172 Å². The molecule has 0 bridgehead atoms. The number of fused-ring (bicyclic) bond motifs is 1. The lowest BCUT2D eigenvalue weighted by Gasteiger charge is -2.38. The number of aromatic nitrogens is 2. The summed E-state index contributed by atoms with van der Waals surface area (Å²) in [6.07, 6.45) is 1.33. The summed E-state index contributed by atoms with van der Waals surface area (Å²) in [5.74, 6) is 0.889. The highest BCUT2D eigenvalue weighted by Crippen LogP contribution is 2.36. The van der Waals surface area contributed by atoms with Crippen LogP contribution in [0.2, 0.25) is 5.15 Å². The minimum absolute atomic E-state index is 0.154. The molecule has 1 aliphatic heterocycles. The van der Waals surface area contributed by atoms with E-state index in [-0.39, 0.29) is 12.1 Å². The fourth-order valence-electron chi connectivity index (χ4n) is 3.75. The van der Waals surface area contributed by atoms with Crippen molar-refractivity contribution in [2.75, 3.05) is 6.54 Å². The predicted octanol–water partition coefficient (Wildman–Crippen LogP) is 5.39. The number of imidazole rings is 1. The van der Waals surface area contributed by atoms with Crippen molar-refractivity contribution in [2.45, 2.75) is 72.6 Å². The highest BCUT2D eigenvalue weighted by atomic mass is 35.5. The number of benzene rings is 1. The zero-order valence-corrected chi connectivity index (χ0v) is 18.4. The monoisotopic (exact) mass is 403 g/mol. The highest BCUT2D eigenvalue weighted by Gasteiger charge is 2.36. The molecule has 0 saturated heterocycles. The van der Waals surface area contributed by atoms with Crippen molar-refractivity contribution >= 4 is 17.7 Å². The normalized spacial score (nSPS) is 16.8. The average Bonchev–Trinajstić information content (AvgIpc) is 2.88. The van der Waals surface area contributed by atoms with E-state index in [0.717, 1.165) is 24.4 Å².